The second-order valence-corrected chi connectivity index (χ2v) is 27.4. The largest absolute Gasteiger partial charge is 0.394 e. The molecule has 17 atom stereocenters. The van der Waals surface area contributed by atoms with Crippen molar-refractivity contribution in [3.63, 3.8) is 0 Å². The molecule has 1 amide bonds. The molecule has 0 aromatic carbocycles. The van der Waals surface area contributed by atoms with Gasteiger partial charge in [-0.05, 0) is 70.6 Å². The monoisotopic (exact) mass is 1380 g/mol. The van der Waals surface area contributed by atoms with Crippen molar-refractivity contribution in [2.45, 2.75) is 388 Å². The fourth-order valence-corrected chi connectivity index (χ4v) is 12.8. The first-order chi connectivity index (χ1) is 47.3. The lowest BCUT2D eigenvalue weighted by atomic mass is 9.96. The Morgan fingerprint density at radius 3 is 1.15 bits per heavy atom. The SMILES string of the molecule is CC/C=C\C/C=C\C/C=C\C/C=C\CCCCCCCCCCCCCCC(=O)NC(COC1OC(CO)C(OC2OC(CO)C(OC3OC(CO)C(O)C(O)C3O)C(O)C2O)C(O)C1O)C(O)/C=C/CC/C=C/CCCCCCCCCCCCCCCCCCCCCCC. The zero-order valence-electron chi connectivity index (χ0n) is 60.0. The van der Waals surface area contributed by atoms with E-state index in [0.29, 0.717) is 12.8 Å². The maximum absolute atomic E-state index is 13.5. The number of amides is 1. The Labute approximate surface area is 585 Å². The number of nitrogens with one attached hydrogen (secondary N) is 1. The number of carbonyl (C=O) groups excluding carboxylic acids is 1. The Morgan fingerprint density at radius 2 is 0.722 bits per heavy atom. The second-order valence-electron chi connectivity index (χ2n) is 27.4. The van der Waals surface area contributed by atoms with Crippen LogP contribution in [0.4, 0.5) is 0 Å². The van der Waals surface area contributed by atoms with Gasteiger partial charge in [-0.3, -0.25) is 4.79 Å². The standard InChI is InChI=1S/C78H139NO18/c1-3-5-7-9-11-13-15-17-19-21-23-25-27-29-30-32-33-35-37-39-41-43-45-47-49-51-53-55-62(83)61(79-66(84)56-54-52-50-48-46-44-42-40-38-36-34-31-28-26-24-22-20-18-16-14-12-10-8-6-4-2)60-92-76-72(90)69(87)74(64(58-81)94-76)97-78-73(91)70(88)75(65(59-82)95-78)96-77-71(89)68(86)67(85)63(57-80)93-77/h6,8,12,14,18,20,24,26,45,47,53,55,61-65,67-78,80-83,85-91H,3-5,7,9-11,13,15-17,19,21-23,25,27-44,46,48-52,54,56-60H2,1-2H3,(H,79,84)/b8-6-,14-12-,20-18-,26-24-,47-45+,55-53+. The van der Waals surface area contributed by atoms with E-state index in [0.717, 1.165) is 77.0 Å². The molecule has 0 saturated carbocycles. The third-order valence-electron chi connectivity index (χ3n) is 19.0. The number of aliphatic hydroxyl groups is 11. The molecule has 97 heavy (non-hydrogen) atoms. The summed E-state index contributed by atoms with van der Waals surface area (Å²) in [6, 6.07) is -0.996. The predicted octanol–water partition coefficient (Wildman–Crippen LogP) is 12.1. The highest BCUT2D eigenvalue weighted by atomic mass is 16.8. The maximum atomic E-state index is 13.5. The van der Waals surface area contributed by atoms with Crippen molar-refractivity contribution < 1.29 is 89.4 Å². The second kappa shape index (κ2) is 58.7. The molecule has 0 radical (unpaired) electrons. The van der Waals surface area contributed by atoms with Gasteiger partial charge >= 0.3 is 0 Å². The van der Waals surface area contributed by atoms with E-state index in [1.807, 2.05) is 6.08 Å². The highest BCUT2D eigenvalue weighted by Crippen LogP contribution is 2.33. The van der Waals surface area contributed by atoms with Gasteiger partial charge in [0.05, 0.1) is 38.6 Å². The smallest absolute Gasteiger partial charge is 0.220 e. The molecule has 19 heteroatoms. The summed E-state index contributed by atoms with van der Waals surface area (Å²) in [6.07, 6.45) is 48.8. The Hall–Kier alpha value is -2.77. The molecule has 0 spiro atoms. The zero-order valence-corrected chi connectivity index (χ0v) is 60.0. The van der Waals surface area contributed by atoms with Gasteiger partial charge in [0.1, 0.15) is 73.2 Å². The topological polar surface area (TPSA) is 307 Å². The Bertz CT molecular complexity index is 2040. The number of aliphatic hydroxyl groups excluding tert-OH is 11. The van der Waals surface area contributed by atoms with E-state index >= 15 is 0 Å². The summed E-state index contributed by atoms with van der Waals surface area (Å²) in [5.74, 6) is -0.287. The molecule has 19 nitrogen and oxygen atoms in total. The van der Waals surface area contributed by atoms with Gasteiger partial charge in [-0.1, -0.05) is 279 Å². The molecule has 17 unspecified atom stereocenters. The minimum atomic E-state index is -1.98. The number of unbranched alkanes of at least 4 members (excludes halogenated alkanes) is 34. The van der Waals surface area contributed by atoms with E-state index in [2.05, 4.69) is 79.9 Å². The molecule has 0 bridgehead atoms. The van der Waals surface area contributed by atoms with Gasteiger partial charge < -0.3 is 89.9 Å². The van der Waals surface area contributed by atoms with Gasteiger partial charge in [0.25, 0.3) is 0 Å². The molecule has 3 fully saturated rings. The number of rotatable bonds is 60. The molecule has 3 rings (SSSR count). The van der Waals surface area contributed by atoms with Crippen molar-refractivity contribution in [1.29, 1.82) is 0 Å². The van der Waals surface area contributed by atoms with E-state index in [-0.39, 0.29) is 18.9 Å². The number of allylic oxidation sites excluding steroid dienone is 11. The van der Waals surface area contributed by atoms with Crippen molar-refractivity contribution in [2.75, 3.05) is 26.4 Å². The molecule has 3 aliphatic heterocycles. The van der Waals surface area contributed by atoms with E-state index in [4.69, 9.17) is 28.4 Å². The fraction of sp³-hybridized carbons (Fsp3) is 0.833. The number of hydrogen-bond donors (Lipinski definition) is 12. The van der Waals surface area contributed by atoms with Gasteiger partial charge in [0.2, 0.25) is 5.91 Å². The van der Waals surface area contributed by atoms with Gasteiger partial charge in [-0.15, -0.1) is 0 Å². The van der Waals surface area contributed by atoms with Crippen LogP contribution in [0.2, 0.25) is 0 Å². The molecule has 0 aromatic rings. The normalized spacial score (nSPS) is 27.3. The molecule has 3 saturated heterocycles. The van der Waals surface area contributed by atoms with E-state index < -0.39 is 124 Å². The fourth-order valence-electron chi connectivity index (χ4n) is 12.8. The van der Waals surface area contributed by atoms with Gasteiger partial charge in [0.15, 0.2) is 18.9 Å². The summed E-state index contributed by atoms with van der Waals surface area (Å²) in [6.45, 7) is 1.63. The van der Waals surface area contributed by atoms with Crippen LogP contribution in [0.25, 0.3) is 0 Å². The van der Waals surface area contributed by atoms with Crippen molar-refractivity contribution in [2.24, 2.45) is 0 Å². The number of hydrogen-bond acceptors (Lipinski definition) is 18. The Morgan fingerprint density at radius 1 is 0.381 bits per heavy atom. The molecule has 12 N–H and O–H groups in total. The van der Waals surface area contributed by atoms with Crippen molar-refractivity contribution in [1.82, 2.24) is 5.32 Å². The van der Waals surface area contributed by atoms with Crippen LogP contribution in [-0.4, -0.2) is 193 Å². The number of ether oxygens (including phenoxy) is 6. The Balaban J connectivity index is 1.41. The predicted molar refractivity (Wildman–Crippen MR) is 383 cm³/mol. The minimum absolute atomic E-state index is 0.230. The highest BCUT2D eigenvalue weighted by Gasteiger charge is 2.53. The molecule has 564 valence electrons. The first-order valence-corrected chi connectivity index (χ1v) is 38.7. The Kier molecular flexibility index (Phi) is 53.5. The summed E-state index contributed by atoms with van der Waals surface area (Å²) in [5, 5.41) is 121. The van der Waals surface area contributed by atoms with Crippen LogP contribution < -0.4 is 5.32 Å². The molecule has 0 aromatic heterocycles. The third kappa shape index (κ3) is 39.5. The number of carbonyl (C=O) groups is 1. The maximum Gasteiger partial charge on any atom is 0.220 e. The van der Waals surface area contributed by atoms with E-state index in [1.165, 1.54) is 173 Å². The van der Waals surface area contributed by atoms with Gasteiger partial charge in [-0.25, -0.2) is 0 Å². The molecule has 3 heterocycles. The summed E-state index contributed by atoms with van der Waals surface area (Å²) in [4.78, 5) is 13.5. The van der Waals surface area contributed by atoms with Crippen LogP contribution in [0, 0.1) is 0 Å². The third-order valence-corrected chi connectivity index (χ3v) is 19.0. The van der Waals surface area contributed by atoms with Crippen LogP contribution in [0.3, 0.4) is 0 Å². The average Bonchev–Trinajstić information content (AvgIpc) is 0.797. The van der Waals surface area contributed by atoms with Crippen molar-refractivity contribution >= 4 is 5.91 Å². The van der Waals surface area contributed by atoms with Crippen molar-refractivity contribution in [3.8, 4) is 0 Å². The van der Waals surface area contributed by atoms with Crippen LogP contribution in [-0.2, 0) is 33.2 Å². The minimum Gasteiger partial charge on any atom is -0.394 e. The quantitative estimate of drug-likeness (QED) is 0.0199. The molecular weight excluding hydrogens is 1240 g/mol. The van der Waals surface area contributed by atoms with E-state index in [1.54, 1.807) is 6.08 Å². The summed E-state index contributed by atoms with van der Waals surface area (Å²) in [7, 11) is 0. The lowest BCUT2D eigenvalue weighted by molar-refractivity contribution is -0.379. The summed E-state index contributed by atoms with van der Waals surface area (Å²) >= 11 is 0. The van der Waals surface area contributed by atoms with Crippen LogP contribution in [0.5, 0.6) is 0 Å². The average molecular weight is 1380 g/mol. The van der Waals surface area contributed by atoms with Crippen LogP contribution in [0.1, 0.15) is 284 Å². The first-order valence-electron chi connectivity index (χ1n) is 38.7. The lowest BCUT2D eigenvalue weighted by Gasteiger charge is -2.48. The van der Waals surface area contributed by atoms with Crippen LogP contribution >= 0.6 is 0 Å². The van der Waals surface area contributed by atoms with Gasteiger partial charge in [-0.2, -0.15) is 0 Å². The summed E-state index contributed by atoms with van der Waals surface area (Å²) in [5.41, 5.74) is 0. The van der Waals surface area contributed by atoms with E-state index in [9.17, 15) is 61.0 Å². The summed E-state index contributed by atoms with van der Waals surface area (Å²) < 4.78 is 34.4. The molecule has 3 aliphatic rings. The first kappa shape index (κ1) is 88.4. The van der Waals surface area contributed by atoms with Gasteiger partial charge in [0, 0.05) is 6.42 Å². The lowest BCUT2D eigenvalue weighted by Crippen LogP contribution is -2.66. The van der Waals surface area contributed by atoms with Crippen molar-refractivity contribution in [3.05, 3.63) is 72.9 Å². The van der Waals surface area contributed by atoms with Crippen LogP contribution in [0.15, 0.2) is 72.9 Å². The highest BCUT2D eigenvalue weighted by molar-refractivity contribution is 5.76. The zero-order chi connectivity index (χ0) is 70.4. The molecular formula is C78H139NO18. The molecule has 0 aliphatic carbocycles.